The van der Waals surface area contributed by atoms with Crippen LogP contribution in [-0.4, -0.2) is 51.8 Å². The predicted molar refractivity (Wildman–Crippen MR) is 66.3 cm³/mol. The van der Waals surface area contributed by atoms with E-state index in [9.17, 15) is 13.2 Å². The van der Waals surface area contributed by atoms with Crippen molar-refractivity contribution in [2.24, 2.45) is 0 Å². The van der Waals surface area contributed by atoms with E-state index in [1.165, 1.54) is 12.1 Å². The van der Waals surface area contributed by atoms with Gasteiger partial charge in [-0.2, -0.15) is 0 Å². The number of nitrogens with zero attached hydrogens (tertiary/aromatic N) is 1. The summed E-state index contributed by atoms with van der Waals surface area (Å²) >= 11 is 0. The molecular weight excluding hydrogens is 254 g/mol. The summed E-state index contributed by atoms with van der Waals surface area (Å²) in [6.07, 6.45) is 1.14. The molecule has 5 nitrogen and oxygen atoms in total. The Morgan fingerprint density at radius 3 is 2.22 bits per heavy atom. The zero-order valence-corrected chi connectivity index (χ0v) is 10.9. The number of morpholine rings is 1. The van der Waals surface area contributed by atoms with Crippen molar-refractivity contribution in [3.8, 4) is 0 Å². The van der Waals surface area contributed by atoms with Crippen LogP contribution in [0.15, 0.2) is 29.2 Å². The van der Waals surface area contributed by atoms with Crippen LogP contribution in [-0.2, 0) is 14.6 Å². The second-order valence-electron chi connectivity index (χ2n) is 4.20. The molecule has 0 unspecified atom stereocenters. The Morgan fingerprint density at radius 2 is 1.72 bits per heavy atom. The standard InChI is InChI=1S/C12H15NO4S/c1-18(15,16)11-4-2-10(3-5-11)12(14)13-6-8-17-9-7-13/h2-5H,6-9H2,1H3. The topological polar surface area (TPSA) is 63.7 Å². The molecule has 0 N–H and O–H groups in total. The minimum atomic E-state index is -3.22. The van der Waals surface area contributed by atoms with Crippen LogP contribution in [0.2, 0.25) is 0 Å². The molecule has 1 amide bonds. The molecule has 0 aromatic heterocycles. The Morgan fingerprint density at radius 1 is 1.17 bits per heavy atom. The van der Waals surface area contributed by atoms with Crippen LogP contribution in [0.3, 0.4) is 0 Å². The molecule has 2 rings (SSSR count). The lowest BCUT2D eigenvalue weighted by molar-refractivity contribution is 0.0303. The highest BCUT2D eigenvalue weighted by atomic mass is 32.2. The first-order chi connectivity index (χ1) is 8.48. The quantitative estimate of drug-likeness (QED) is 0.787. The summed E-state index contributed by atoms with van der Waals surface area (Å²) in [5.41, 5.74) is 0.504. The Bertz CT molecular complexity index is 530. The predicted octanol–water partition coefficient (Wildman–Crippen LogP) is 0.562. The fraction of sp³-hybridized carbons (Fsp3) is 0.417. The van der Waals surface area contributed by atoms with Crippen LogP contribution in [0, 0.1) is 0 Å². The number of amides is 1. The van der Waals surface area contributed by atoms with Gasteiger partial charge in [0, 0.05) is 24.9 Å². The Kier molecular flexibility index (Phi) is 3.68. The highest BCUT2D eigenvalue weighted by Crippen LogP contribution is 2.12. The minimum absolute atomic E-state index is 0.0849. The van der Waals surface area contributed by atoms with Gasteiger partial charge in [0.05, 0.1) is 18.1 Å². The number of rotatable bonds is 2. The highest BCUT2D eigenvalue weighted by Gasteiger charge is 2.18. The van der Waals surface area contributed by atoms with E-state index < -0.39 is 9.84 Å². The Labute approximate surface area is 106 Å². The Hall–Kier alpha value is -1.40. The van der Waals surface area contributed by atoms with Gasteiger partial charge in [0.1, 0.15) is 0 Å². The number of hydrogen-bond donors (Lipinski definition) is 0. The smallest absolute Gasteiger partial charge is 0.254 e. The number of carbonyl (C=O) groups excluding carboxylic acids is 1. The van der Waals surface area contributed by atoms with Crippen LogP contribution >= 0.6 is 0 Å². The van der Waals surface area contributed by atoms with E-state index in [0.717, 1.165) is 6.26 Å². The molecule has 0 atom stereocenters. The van der Waals surface area contributed by atoms with Gasteiger partial charge in [0.15, 0.2) is 9.84 Å². The summed E-state index contributed by atoms with van der Waals surface area (Å²) in [5, 5.41) is 0. The van der Waals surface area contributed by atoms with E-state index >= 15 is 0 Å². The lowest BCUT2D eigenvalue weighted by atomic mass is 10.2. The number of carbonyl (C=O) groups is 1. The molecule has 0 radical (unpaired) electrons. The molecule has 1 saturated heterocycles. The number of sulfone groups is 1. The molecule has 0 saturated carbocycles. The van der Waals surface area contributed by atoms with Crippen molar-refractivity contribution in [2.45, 2.75) is 4.90 Å². The van der Waals surface area contributed by atoms with Crippen molar-refractivity contribution in [1.82, 2.24) is 4.90 Å². The molecular formula is C12H15NO4S. The number of ether oxygens (including phenoxy) is 1. The third kappa shape index (κ3) is 2.88. The monoisotopic (exact) mass is 269 g/mol. The van der Waals surface area contributed by atoms with Gasteiger partial charge in [-0.1, -0.05) is 0 Å². The molecule has 18 heavy (non-hydrogen) atoms. The molecule has 1 aliphatic rings. The van der Waals surface area contributed by atoms with E-state index in [4.69, 9.17) is 4.74 Å². The molecule has 98 valence electrons. The third-order valence-electron chi connectivity index (χ3n) is 2.83. The van der Waals surface area contributed by atoms with Crippen LogP contribution in [0.5, 0.6) is 0 Å². The van der Waals surface area contributed by atoms with Crippen molar-refractivity contribution in [3.05, 3.63) is 29.8 Å². The maximum Gasteiger partial charge on any atom is 0.254 e. The molecule has 1 fully saturated rings. The SMILES string of the molecule is CS(=O)(=O)c1ccc(C(=O)N2CCOCC2)cc1. The lowest BCUT2D eigenvalue weighted by Crippen LogP contribution is -2.40. The van der Waals surface area contributed by atoms with E-state index in [0.29, 0.717) is 31.9 Å². The van der Waals surface area contributed by atoms with Crippen LogP contribution in [0.25, 0.3) is 0 Å². The van der Waals surface area contributed by atoms with Gasteiger partial charge < -0.3 is 9.64 Å². The first kappa shape index (κ1) is 13.0. The van der Waals surface area contributed by atoms with Crippen LogP contribution in [0.1, 0.15) is 10.4 Å². The van der Waals surface area contributed by atoms with Gasteiger partial charge in [-0.15, -0.1) is 0 Å². The van der Waals surface area contributed by atoms with Gasteiger partial charge in [-0.05, 0) is 24.3 Å². The van der Waals surface area contributed by atoms with Crippen molar-refractivity contribution < 1.29 is 17.9 Å². The van der Waals surface area contributed by atoms with Gasteiger partial charge in [0.25, 0.3) is 5.91 Å². The molecule has 6 heteroatoms. The van der Waals surface area contributed by atoms with Gasteiger partial charge in [0.2, 0.25) is 0 Å². The first-order valence-corrected chi connectivity index (χ1v) is 7.55. The third-order valence-corrected chi connectivity index (χ3v) is 3.96. The molecule has 1 heterocycles. The number of benzene rings is 1. The summed E-state index contributed by atoms with van der Waals surface area (Å²) in [6.45, 7) is 2.25. The lowest BCUT2D eigenvalue weighted by Gasteiger charge is -2.26. The normalized spacial score (nSPS) is 16.6. The zero-order valence-electron chi connectivity index (χ0n) is 10.1. The molecule has 0 aliphatic carbocycles. The van der Waals surface area contributed by atoms with Crippen molar-refractivity contribution in [1.29, 1.82) is 0 Å². The van der Waals surface area contributed by atoms with Gasteiger partial charge in [-0.25, -0.2) is 8.42 Å². The summed E-state index contributed by atoms with van der Waals surface area (Å²) in [6, 6.07) is 6.02. The maximum absolute atomic E-state index is 12.1. The minimum Gasteiger partial charge on any atom is -0.378 e. The Balaban J connectivity index is 2.16. The highest BCUT2D eigenvalue weighted by molar-refractivity contribution is 7.90. The van der Waals surface area contributed by atoms with Crippen LogP contribution in [0.4, 0.5) is 0 Å². The van der Waals surface area contributed by atoms with E-state index in [1.54, 1.807) is 17.0 Å². The average Bonchev–Trinajstić information content (AvgIpc) is 2.38. The van der Waals surface area contributed by atoms with Crippen molar-refractivity contribution in [3.63, 3.8) is 0 Å². The maximum atomic E-state index is 12.1. The van der Waals surface area contributed by atoms with E-state index in [-0.39, 0.29) is 10.8 Å². The number of hydrogen-bond acceptors (Lipinski definition) is 4. The molecule has 1 aromatic rings. The molecule has 1 aliphatic heterocycles. The first-order valence-electron chi connectivity index (χ1n) is 5.65. The van der Waals surface area contributed by atoms with Gasteiger partial charge in [-0.3, -0.25) is 4.79 Å². The van der Waals surface area contributed by atoms with Crippen LogP contribution < -0.4 is 0 Å². The fourth-order valence-corrected chi connectivity index (χ4v) is 2.42. The molecule has 0 spiro atoms. The molecule has 0 bridgehead atoms. The summed E-state index contributed by atoms with van der Waals surface area (Å²) in [5.74, 6) is -0.0849. The average molecular weight is 269 g/mol. The summed E-state index contributed by atoms with van der Waals surface area (Å²) in [7, 11) is -3.22. The van der Waals surface area contributed by atoms with E-state index in [2.05, 4.69) is 0 Å². The largest absolute Gasteiger partial charge is 0.378 e. The van der Waals surface area contributed by atoms with Gasteiger partial charge >= 0.3 is 0 Å². The zero-order chi connectivity index (χ0) is 13.2. The fourth-order valence-electron chi connectivity index (χ4n) is 1.79. The second kappa shape index (κ2) is 5.07. The second-order valence-corrected chi connectivity index (χ2v) is 6.22. The van der Waals surface area contributed by atoms with Crippen molar-refractivity contribution >= 4 is 15.7 Å². The van der Waals surface area contributed by atoms with E-state index in [1.807, 2.05) is 0 Å². The molecule has 1 aromatic carbocycles. The summed E-state index contributed by atoms with van der Waals surface area (Å²) in [4.78, 5) is 14.0. The summed E-state index contributed by atoms with van der Waals surface area (Å²) < 4.78 is 27.8. The van der Waals surface area contributed by atoms with Crippen molar-refractivity contribution in [2.75, 3.05) is 32.6 Å².